The molecule has 0 amide bonds. The molecule has 0 unspecified atom stereocenters. The molecule has 0 aromatic carbocycles. The molecular weight excluding hydrogens is 248 g/mol. The van der Waals surface area contributed by atoms with Crippen molar-refractivity contribution in [3.05, 3.63) is 29.6 Å². The van der Waals surface area contributed by atoms with Gasteiger partial charge in [-0.3, -0.25) is 4.98 Å². The van der Waals surface area contributed by atoms with Gasteiger partial charge in [0.1, 0.15) is 0 Å². The standard InChI is InChI=1S/C17H28N2O/c1-3-5-15-7-9-17(13-18,10-8-15)20-12-16-14(2)6-4-11-19-16/h4,6,11,15H,3,5,7-10,12-13,18H2,1-2H3. The van der Waals surface area contributed by atoms with Gasteiger partial charge in [-0.2, -0.15) is 0 Å². The topological polar surface area (TPSA) is 48.1 Å². The molecule has 2 rings (SSSR count). The van der Waals surface area contributed by atoms with E-state index < -0.39 is 0 Å². The minimum atomic E-state index is -0.117. The molecule has 3 heteroatoms. The molecule has 0 saturated heterocycles. The van der Waals surface area contributed by atoms with Gasteiger partial charge >= 0.3 is 0 Å². The molecule has 1 heterocycles. The summed E-state index contributed by atoms with van der Waals surface area (Å²) in [6.07, 6.45) is 9.17. The first-order valence-corrected chi connectivity index (χ1v) is 7.93. The van der Waals surface area contributed by atoms with E-state index in [9.17, 15) is 0 Å². The zero-order valence-electron chi connectivity index (χ0n) is 12.9. The van der Waals surface area contributed by atoms with E-state index in [0.717, 1.165) is 24.5 Å². The average Bonchev–Trinajstić information content (AvgIpc) is 2.49. The minimum Gasteiger partial charge on any atom is -0.367 e. The normalized spacial score (nSPS) is 26.6. The number of ether oxygens (including phenoxy) is 1. The average molecular weight is 276 g/mol. The Morgan fingerprint density at radius 3 is 2.75 bits per heavy atom. The fraction of sp³-hybridized carbons (Fsp3) is 0.706. The van der Waals surface area contributed by atoms with Gasteiger partial charge in [0.2, 0.25) is 0 Å². The van der Waals surface area contributed by atoms with Crippen molar-refractivity contribution in [2.75, 3.05) is 6.54 Å². The van der Waals surface area contributed by atoms with E-state index in [0.29, 0.717) is 13.2 Å². The molecule has 20 heavy (non-hydrogen) atoms. The highest BCUT2D eigenvalue weighted by Gasteiger charge is 2.34. The summed E-state index contributed by atoms with van der Waals surface area (Å²) in [5.74, 6) is 0.875. The van der Waals surface area contributed by atoms with Crippen molar-refractivity contribution >= 4 is 0 Å². The summed E-state index contributed by atoms with van der Waals surface area (Å²) in [5.41, 5.74) is 8.13. The monoisotopic (exact) mass is 276 g/mol. The molecule has 0 spiro atoms. The van der Waals surface area contributed by atoms with Gasteiger partial charge in [-0.15, -0.1) is 0 Å². The lowest BCUT2D eigenvalue weighted by Crippen LogP contribution is -2.44. The maximum absolute atomic E-state index is 6.23. The molecule has 0 bridgehead atoms. The first kappa shape index (κ1) is 15.5. The Kier molecular flexibility index (Phi) is 5.55. The Morgan fingerprint density at radius 2 is 2.15 bits per heavy atom. The second kappa shape index (κ2) is 7.19. The molecule has 0 radical (unpaired) electrons. The molecule has 1 aromatic heterocycles. The molecule has 1 saturated carbocycles. The summed E-state index contributed by atoms with van der Waals surface area (Å²) in [6.45, 7) is 5.56. The van der Waals surface area contributed by atoms with Gasteiger partial charge in [0.25, 0.3) is 0 Å². The zero-order valence-corrected chi connectivity index (χ0v) is 12.9. The Balaban J connectivity index is 1.91. The number of aryl methyl sites for hydroxylation is 1. The van der Waals surface area contributed by atoms with Crippen LogP contribution in [0.2, 0.25) is 0 Å². The van der Waals surface area contributed by atoms with Crippen LogP contribution in [0.4, 0.5) is 0 Å². The van der Waals surface area contributed by atoms with Crippen LogP contribution in [0.3, 0.4) is 0 Å². The van der Waals surface area contributed by atoms with Crippen molar-refractivity contribution in [1.29, 1.82) is 0 Å². The second-order valence-electron chi connectivity index (χ2n) is 6.17. The summed E-state index contributed by atoms with van der Waals surface area (Å²) in [5, 5.41) is 0. The van der Waals surface area contributed by atoms with E-state index in [1.54, 1.807) is 0 Å². The maximum atomic E-state index is 6.23. The van der Waals surface area contributed by atoms with Gasteiger partial charge in [0, 0.05) is 12.7 Å². The van der Waals surface area contributed by atoms with Gasteiger partial charge in [-0.05, 0) is 50.2 Å². The summed E-state index contributed by atoms with van der Waals surface area (Å²) >= 11 is 0. The maximum Gasteiger partial charge on any atom is 0.0898 e. The highest BCUT2D eigenvalue weighted by atomic mass is 16.5. The quantitative estimate of drug-likeness (QED) is 0.863. The van der Waals surface area contributed by atoms with Gasteiger partial charge < -0.3 is 10.5 Å². The van der Waals surface area contributed by atoms with Crippen LogP contribution in [-0.4, -0.2) is 17.1 Å². The number of hydrogen-bond acceptors (Lipinski definition) is 3. The second-order valence-corrected chi connectivity index (χ2v) is 6.17. The van der Waals surface area contributed by atoms with Crippen LogP contribution in [0.5, 0.6) is 0 Å². The molecule has 1 aliphatic carbocycles. The van der Waals surface area contributed by atoms with Crippen molar-refractivity contribution in [2.24, 2.45) is 11.7 Å². The number of aromatic nitrogens is 1. The highest BCUT2D eigenvalue weighted by Crippen LogP contribution is 2.36. The Bertz CT molecular complexity index is 411. The van der Waals surface area contributed by atoms with Crippen LogP contribution >= 0.6 is 0 Å². The Hall–Kier alpha value is -0.930. The van der Waals surface area contributed by atoms with Gasteiger partial charge in [-0.25, -0.2) is 0 Å². The van der Waals surface area contributed by atoms with Crippen LogP contribution in [0, 0.1) is 12.8 Å². The zero-order chi connectivity index (χ0) is 14.4. The largest absolute Gasteiger partial charge is 0.367 e. The first-order valence-electron chi connectivity index (χ1n) is 7.93. The van der Waals surface area contributed by atoms with Gasteiger partial charge in [-0.1, -0.05) is 25.8 Å². The predicted molar refractivity (Wildman–Crippen MR) is 82.4 cm³/mol. The molecule has 112 valence electrons. The molecule has 1 fully saturated rings. The fourth-order valence-corrected chi connectivity index (χ4v) is 3.20. The van der Waals surface area contributed by atoms with Gasteiger partial charge in [0.05, 0.1) is 17.9 Å². The van der Waals surface area contributed by atoms with E-state index >= 15 is 0 Å². The van der Waals surface area contributed by atoms with Crippen molar-refractivity contribution < 1.29 is 4.74 Å². The third-order valence-corrected chi connectivity index (χ3v) is 4.72. The van der Waals surface area contributed by atoms with E-state index in [4.69, 9.17) is 10.5 Å². The lowest BCUT2D eigenvalue weighted by Gasteiger charge is -2.39. The van der Waals surface area contributed by atoms with E-state index in [1.165, 1.54) is 31.2 Å². The number of rotatable bonds is 6. The predicted octanol–water partition coefficient (Wildman–Crippen LogP) is 3.59. The summed E-state index contributed by atoms with van der Waals surface area (Å²) in [7, 11) is 0. The fourth-order valence-electron chi connectivity index (χ4n) is 3.20. The van der Waals surface area contributed by atoms with E-state index in [2.05, 4.69) is 24.9 Å². The third kappa shape index (κ3) is 3.80. The van der Waals surface area contributed by atoms with Crippen molar-refractivity contribution in [3.63, 3.8) is 0 Å². The van der Waals surface area contributed by atoms with Crippen LogP contribution in [0.1, 0.15) is 56.7 Å². The molecular formula is C17H28N2O. The highest BCUT2D eigenvalue weighted by molar-refractivity contribution is 5.16. The van der Waals surface area contributed by atoms with Crippen LogP contribution in [0.15, 0.2) is 18.3 Å². The van der Waals surface area contributed by atoms with Crippen LogP contribution in [-0.2, 0) is 11.3 Å². The summed E-state index contributed by atoms with van der Waals surface area (Å²) in [6, 6.07) is 4.05. The Labute approximate surface area is 122 Å². The van der Waals surface area contributed by atoms with E-state index in [1.807, 2.05) is 12.3 Å². The lowest BCUT2D eigenvalue weighted by atomic mass is 9.77. The van der Waals surface area contributed by atoms with E-state index in [-0.39, 0.29) is 5.60 Å². The Morgan fingerprint density at radius 1 is 1.40 bits per heavy atom. The minimum absolute atomic E-state index is 0.117. The number of nitrogens with zero attached hydrogens (tertiary/aromatic N) is 1. The molecule has 0 aliphatic heterocycles. The smallest absolute Gasteiger partial charge is 0.0898 e. The van der Waals surface area contributed by atoms with Crippen LogP contribution < -0.4 is 5.73 Å². The summed E-state index contributed by atoms with van der Waals surface area (Å²) in [4.78, 5) is 4.41. The third-order valence-electron chi connectivity index (χ3n) is 4.72. The van der Waals surface area contributed by atoms with Gasteiger partial charge in [0.15, 0.2) is 0 Å². The molecule has 0 atom stereocenters. The van der Waals surface area contributed by atoms with Crippen LogP contribution in [0.25, 0.3) is 0 Å². The number of pyridine rings is 1. The summed E-state index contributed by atoms with van der Waals surface area (Å²) < 4.78 is 6.23. The molecule has 1 aliphatic rings. The van der Waals surface area contributed by atoms with Crippen molar-refractivity contribution in [1.82, 2.24) is 4.98 Å². The lowest BCUT2D eigenvalue weighted by molar-refractivity contribution is -0.0827. The molecule has 2 N–H and O–H groups in total. The SMILES string of the molecule is CCCC1CCC(CN)(OCc2ncccc2C)CC1. The molecule has 1 aromatic rings. The van der Waals surface area contributed by atoms with Crippen molar-refractivity contribution in [2.45, 2.75) is 64.6 Å². The first-order chi connectivity index (χ1) is 9.69. The number of hydrogen-bond donors (Lipinski definition) is 1. The van der Waals surface area contributed by atoms with Crippen molar-refractivity contribution in [3.8, 4) is 0 Å². The number of nitrogens with two attached hydrogens (primary N) is 1. The molecule has 3 nitrogen and oxygen atoms in total.